The number of halogens is 1. The lowest BCUT2D eigenvalue weighted by atomic mass is 9.90. The molecular formula is C14H21FO4. The van der Waals surface area contributed by atoms with Crippen LogP contribution in [0.3, 0.4) is 0 Å². The predicted octanol–water partition coefficient (Wildman–Crippen LogP) is 2.57. The van der Waals surface area contributed by atoms with E-state index in [0.717, 1.165) is 5.57 Å². The fraction of sp³-hybridized carbons (Fsp3) is 0.714. The summed E-state index contributed by atoms with van der Waals surface area (Å²) in [5.74, 6) is -1.64. The summed E-state index contributed by atoms with van der Waals surface area (Å²) in [7, 11) is 0. The summed E-state index contributed by atoms with van der Waals surface area (Å²) in [6.07, 6.45) is -0.241. The Labute approximate surface area is 113 Å². The lowest BCUT2D eigenvalue weighted by Crippen LogP contribution is -2.37. The van der Waals surface area contributed by atoms with Gasteiger partial charge in [-0.2, -0.15) is 0 Å². The molecule has 0 aromatic heterocycles. The largest absolute Gasteiger partial charge is 0.462 e. The van der Waals surface area contributed by atoms with Crippen molar-refractivity contribution in [1.82, 2.24) is 0 Å². The lowest BCUT2D eigenvalue weighted by molar-refractivity contribution is -0.165. The van der Waals surface area contributed by atoms with Crippen LogP contribution in [0.2, 0.25) is 0 Å². The first kappa shape index (κ1) is 15.7. The normalized spacial score (nSPS) is 22.6. The second-order valence-electron chi connectivity index (χ2n) is 5.35. The molecule has 1 rings (SSSR count). The van der Waals surface area contributed by atoms with Crippen molar-refractivity contribution in [3.05, 3.63) is 11.6 Å². The molecule has 19 heavy (non-hydrogen) atoms. The third kappa shape index (κ3) is 3.78. The Morgan fingerprint density at radius 3 is 2.53 bits per heavy atom. The molecular weight excluding hydrogens is 251 g/mol. The van der Waals surface area contributed by atoms with Crippen LogP contribution in [-0.4, -0.2) is 30.8 Å². The molecule has 0 spiro atoms. The van der Waals surface area contributed by atoms with E-state index in [1.54, 1.807) is 13.8 Å². The van der Waals surface area contributed by atoms with E-state index in [1.807, 2.05) is 13.8 Å². The molecule has 0 aromatic rings. The van der Waals surface area contributed by atoms with Gasteiger partial charge >= 0.3 is 11.9 Å². The summed E-state index contributed by atoms with van der Waals surface area (Å²) in [5, 5.41) is 0. The molecule has 1 heterocycles. The number of allylic oxidation sites excluding steroid dienone is 1. The van der Waals surface area contributed by atoms with E-state index in [0.29, 0.717) is 12.8 Å². The van der Waals surface area contributed by atoms with Crippen molar-refractivity contribution in [3.8, 4) is 0 Å². The molecule has 0 aliphatic carbocycles. The Balaban J connectivity index is 2.69. The Morgan fingerprint density at radius 1 is 1.53 bits per heavy atom. The molecule has 5 heteroatoms. The van der Waals surface area contributed by atoms with E-state index in [2.05, 4.69) is 0 Å². The number of carbonyl (C=O) groups excluding carboxylic acids is 2. The van der Waals surface area contributed by atoms with Gasteiger partial charge in [0.2, 0.25) is 12.3 Å². The van der Waals surface area contributed by atoms with Gasteiger partial charge < -0.3 is 9.47 Å². The molecule has 0 saturated carbocycles. The zero-order valence-corrected chi connectivity index (χ0v) is 11.9. The summed E-state index contributed by atoms with van der Waals surface area (Å²) < 4.78 is 23.5. The predicted molar refractivity (Wildman–Crippen MR) is 68.2 cm³/mol. The van der Waals surface area contributed by atoms with E-state index in [1.165, 1.54) is 6.08 Å². The van der Waals surface area contributed by atoms with Crippen LogP contribution in [-0.2, 0) is 19.1 Å². The van der Waals surface area contributed by atoms with E-state index in [4.69, 9.17) is 9.47 Å². The molecule has 1 aliphatic rings. The van der Waals surface area contributed by atoms with Gasteiger partial charge in [0.1, 0.15) is 6.61 Å². The van der Waals surface area contributed by atoms with Gasteiger partial charge in [0.25, 0.3) is 0 Å². The molecule has 0 amide bonds. The molecule has 0 aromatic carbocycles. The van der Waals surface area contributed by atoms with E-state index < -0.39 is 29.6 Å². The molecule has 1 aliphatic heterocycles. The van der Waals surface area contributed by atoms with Gasteiger partial charge in [0.05, 0.1) is 0 Å². The number of esters is 2. The number of cyclic esters (lactones) is 1. The quantitative estimate of drug-likeness (QED) is 0.570. The van der Waals surface area contributed by atoms with E-state index >= 15 is 0 Å². The van der Waals surface area contributed by atoms with Gasteiger partial charge in [-0.1, -0.05) is 33.3 Å². The fourth-order valence-corrected chi connectivity index (χ4v) is 1.88. The van der Waals surface area contributed by atoms with E-state index in [-0.39, 0.29) is 6.61 Å². The molecule has 0 radical (unpaired) electrons. The second kappa shape index (κ2) is 6.17. The Kier molecular flexibility index (Phi) is 5.09. The van der Waals surface area contributed by atoms with Crippen molar-refractivity contribution in [2.24, 2.45) is 5.41 Å². The summed E-state index contributed by atoms with van der Waals surface area (Å²) in [5.41, 5.74) is 0.229. The highest BCUT2D eigenvalue weighted by Gasteiger charge is 2.47. The maximum absolute atomic E-state index is 13.7. The van der Waals surface area contributed by atoms with Crippen molar-refractivity contribution < 1.29 is 23.5 Å². The molecule has 1 fully saturated rings. The summed E-state index contributed by atoms with van der Waals surface area (Å²) in [4.78, 5) is 23.1. The number of ether oxygens (including phenoxy) is 2. The van der Waals surface area contributed by atoms with Gasteiger partial charge in [-0.25, -0.2) is 14.0 Å². The third-order valence-corrected chi connectivity index (χ3v) is 3.26. The molecule has 4 nitrogen and oxygen atoms in total. The highest BCUT2D eigenvalue weighted by atomic mass is 19.1. The topological polar surface area (TPSA) is 52.6 Å². The number of hydrogen-bond acceptors (Lipinski definition) is 4. The van der Waals surface area contributed by atoms with Crippen LogP contribution < -0.4 is 0 Å². The van der Waals surface area contributed by atoms with Crippen LogP contribution in [0.5, 0.6) is 0 Å². The van der Waals surface area contributed by atoms with Crippen molar-refractivity contribution in [1.29, 1.82) is 0 Å². The maximum Gasteiger partial charge on any atom is 0.348 e. The number of carbonyl (C=O) groups is 2. The standard InChI is InChI=1S/C14H21FO4/c1-5-9(6-2)7-10(15)12(16)19-11-13(17)18-8-14(11,3)4/h7,10-11H,5-6,8H2,1-4H3/t10-,11+/m0/s1. The average molecular weight is 272 g/mol. The van der Waals surface area contributed by atoms with E-state index in [9.17, 15) is 14.0 Å². The third-order valence-electron chi connectivity index (χ3n) is 3.26. The molecule has 0 bridgehead atoms. The minimum absolute atomic E-state index is 0.172. The monoisotopic (exact) mass is 272 g/mol. The Morgan fingerprint density at radius 2 is 2.11 bits per heavy atom. The number of hydrogen-bond donors (Lipinski definition) is 0. The van der Waals surface area contributed by atoms with Crippen molar-refractivity contribution in [3.63, 3.8) is 0 Å². The van der Waals surface area contributed by atoms with Gasteiger partial charge in [0.15, 0.2) is 0 Å². The SMILES string of the molecule is CCC(=C[C@H](F)C(=O)O[C@@H]1C(=O)OCC1(C)C)CC. The van der Waals surface area contributed by atoms with Crippen LogP contribution >= 0.6 is 0 Å². The van der Waals surface area contributed by atoms with Crippen LogP contribution in [0.15, 0.2) is 11.6 Å². The van der Waals surface area contributed by atoms with Gasteiger partial charge in [-0.05, 0) is 18.9 Å². The zero-order chi connectivity index (χ0) is 14.6. The molecule has 0 N–H and O–H groups in total. The molecule has 2 atom stereocenters. The minimum atomic E-state index is -1.83. The molecule has 108 valence electrons. The van der Waals surface area contributed by atoms with Crippen molar-refractivity contribution in [2.45, 2.75) is 52.8 Å². The van der Waals surface area contributed by atoms with Crippen LogP contribution in [0.4, 0.5) is 4.39 Å². The first-order chi connectivity index (χ1) is 8.81. The zero-order valence-electron chi connectivity index (χ0n) is 11.9. The first-order valence-electron chi connectivity index (χ1n) is 6.52. The van der Waals surface area contributed by atoms with Crippen LogP contribution in [0.25, 0.3) is 0 Å². The summed E-state index contributed by atoms with van der Waals surface area (Å²) in [6, 6.07) is 0. The number of alkyl halides is 1. The van der Waals surface area contributed by atoms with Crippen LogP contribution in [0.1, 0.15) is 40.5 Å². The average Bonchev–Trinajstić information content (AvgIpc) is 2.62. The first-order valence-corrected chi connectivity index (χ1v) is 6.52. The van der Waals surface area contributed by atoms with Crippen molar-refractivity contribution >= 4 is 11.9 Å². The Hall–Kier alpha value is -1.39. The smallest absolute Gasteiger partial charge is 0.348 e. The van der Waals surface area contributed by atoms with Gasteiger partial charge in [-0.3, -0.25) is 0 Å². The molecule has 0 unspecified atom stereocenters. The highest BCUT2D eigenvalue weighted by molar-refractivity contribution is 5.84. The van der Waals surface area contributed by atoms with Gasteiger partial charge in [0, 0.05) is 5.41 Å². The van der Waals surface area contributed by atoms with Gasteiger partial charge in [-0.15, -0.1) is 0 Å². The van der Waals surface area contributed by atoms with Crippen LogP contribution in [0, 0.1) is 5.41 Å². The highest BCUT2D eigenvalue weighted by Crippen LogP contribution is 2.31. The molecule has 1 saturated heterocycles. The summed E-state index contributed by atoms with van der Waals surface area (Å²) in [6.45, 7) is 7.44. The minimum Gasteiger partial charge on any atom is -0.462 e. The second-order valence-corrected chi connectivity index (χ2v) is 5.35. The Bertz CT molecular complexity index is 381. The maximum atomic E-state index is 13.7. The van der Waals surface area contributed by atoms with Crippen molar-refractivity contribution in [2.75, 3.05) is 6.61 Å². The fourth-order valence-electron chi connectivity index (χ4n) is 1.88. The lowest BCUT2D eigenvalue weighted by Gasteiger charge is -2.22. The summed E-state index contributed by atoms with van der Waals surface area (Å²) >= 11 is 0. The number of rotatable bonds is 5.